The molecular formula is C14H21ClN4. The number of aromatic nitrogens is 2. The summed E-state index contributed by atoms with van der Waals surface area (Å²) in [6.45, 7) is 3.41. The molecule has 0 N–H and O–H groups in total. The van der Waals surface area contributed by atoms with Gasteiger partial charge in [-0.25, -0.2) is 9.97 Å². The topological polar surface area (TPSA) is 32.3 Å². The molecule has 3 heterocycles. The van der Waals surface area contributed by atoms with E-state index in [4.69, 9.17) is 11.6 Å². The summed E-state index contributed by atoms with van der Waals surface area (Å²) in [5.74, 6) is 2.11. The van der Waals surface area contributed by atoms with Crippen LogP contribution in [0.5, 0.6) is 0 Å². The molecule has 0 spiro atoms. The second-order valence-electron chi connectivity index (χ2n) is 5.71. The van der Waals surface area contributed by atoms with E-state index in [9.17, 15) is 0 Å². The summed E-state index contributed by atoms with van der Waals surface area (Å²) in [5, 5.41) is 0. The Kier molecular flexibility index (Phi) is 3.89. The number of hydrogen-bond acceptors (Lipinski definition) is 4. The zero-order valence-corrected chi connectivity index (χ0v) is 12.2. The highest BCUT2D eigenvalue weighted by atomic mass is 35.5. The predicted octanol–water partition coefficient (Wildman–Crippen LogP) is 2.14. The van der Waals surface area contributed by atoms with Gasteiger partial charge in [0.25, 0.3) is 0 Å². The molecule has 1 aromatic rings. The van der Waals surface area contributed by atoms with E-state index in [-0.39, 0.29) is 0 Å². The Morgan fingerprint density at radius 1 is 1.26 bits per heavy atom. The van der Waals surface area contributed by atoms with Crippen LogP contribution in [0.4, 0.5) is 5.95 Å². The van der Waals surface area contributed by atoms with E-state index in [2.05, 4.69) is 26.8 Å². The minimum Gasteiger partial charge on any atom is -0.340 e. The predicted molar refractivity (Wildman–Crippen MR) is 77.6 cm³/mol. The minimum atomic E-state index is 0.482. The summed E-state index contributed by atoms with van der Waals surface area (Å²) >= 11 is 5.77. The highest BCUT2D eigenvalue weighted by Gasteiger charge is 2.34. The molecule has 2 fully saturated rings. The summed E-state index contributed by atoms with van der Waals surface area (Å²) < 4.78 is 0. The third kappa shape index (κ3) is 2.70. The molecule has 2 aliphatic rings. The van der Waals surface area contributed by atoms with Crippen molar-refractivity contribution in [1.82, 2.24) is 14.9 Å². The molecule has 2 atom stereocenters. The minimum absolute atomic E-state index is 0.482. The summed E-state index contributed by atoms with van der Waals surface area (Å²) in [6.07, 6.45) is 7.56. The van der Waals surface area contributed by atoms with E-state index < -0.39 is 0 Å². The van der Waals surface area contributed by atoms with Gasteiger partial charge < -0.3 is 9.80 Å². The van der Waals surface area contributed by atoms with Crippen LogP contribution in [-0.2, 0) is 5.88 Å². The number of hydrogen-bond donors (Lipinski definition) is 0. The van der Waals surface area contributed by atoms with Gasteiger partial charge >= 0.3 is 0 Å². The molecule has 0 amide bonds. The SMILES string of the molecule is CN1CCCC2CN(c3ncc(CCl)cn3)CCC21. The van der Waals surface area contributed by atoms with Crippen molar-refractivity contribution in [3.63, 3.8) is 0 Å². The first-order valence-corrected chi connectivity index (χ1v) is 7.63. The number of halogens is 1. The highest BCUT2D eigenvalue weighted by Crippen LogP contribution is 2.30. The van der Waals surface area contributed by atoms with E-state index in [1.807, 2.05) is 12.4 Å². The number of likely N-dealkylation sites (tertiary alicyclic amines) is 1. The molecule has 19 heavy (non-hydrogen) atoms. The number of rotatable bonds is 2. The Hall–Kier alpha value is -0.870. The lowest BCUT2D eigenvalue weighted by atomic mass is 9.84. The summed E-state index contributed by atoms with van der Waals surface area (Å²) in [4.78, 5) is 13.8. The van der Waals surface area contributed by atoms with E-state index in [1.54, 1.807) is 0 Å². The molecule has 0 aromatic carbocycles. The van der Waals surface area contributed by atoms with E-state index in [1.165, 1.54) is 25.8 Å². The van der Waals surface area contributed by atoms with Gasteiger partial charge in [-0.3, -0.25) is 0 Å². The first kappa shape index (κ1) is 13.1. The molecule has 2 aliphatic heterocycles. The third-order valence-corrected chi connectivity index (χ3v) is 4.78. The van der Waals surface area contributed by atoms with Crippen molar-refractivity contribution >= 4 is 17.5 Å². The number of alkyl halides is 1. The number of fused-ring (bicyclic) bond motifs is 1. The number of nitrogens with zero attached hydrogens (tertiary/aromatic N) is 4. The largest absolute Gasteiger partial charge is 0.340 e. The molecule has 0 bridgehead atoms. The van der Waals surface area contributed by atoms with Crippen molar-refractivity contribution in [1.29, 1.82) is 0 Å². The van der Waals surface area contributed by atoms with Crippen LogP contribution in [-0.4, -0.2) is 47.6 Å². The van der Waals surface area contributed by atoms with Gasteiger partial charge in [-0.15, -0.1) is 11.6 Å². The quantitative estimate of drug-likeness (QED) is 0.777. The van der Waals surface area contributed by atoms with Gasteiger partial charge in [0, 0.05) is 37.1 Å². The zero-order valence-electron chi connectivity index (χ0n) is 11.4. The van der Waals surface area contributed by atoms with Crippen LogP contribution in [0.25, 0.3) is 0 Å². The fourth-order valence-corrected chi connectivity index (χ4v) is 3.55. The van der Waals surface area contributed by atoms with Crippen LogP contribution in [0.1, 0.15) is 24.8 Å². The average Bonchev–Trinajstić information content (AvgIpc) is 2.47. The van der Waals surface area contributed by atoms with Gasteiger partial charge in [-0.2, -0.15) is 0 Å². The summed E-state index contributed by atoms with van der Waals surface area (Å²) in [6, 6.07) is 0.757. The Balaban J connectivity index is 1.69. The van der Waals surface area contributed by atoms with Crippen LogP contribution >= 0.6 is 11.6 Å². The molecule has 0 saturated carbocycles. The smallest absolute Gasteiger partial charge is 0.225 e. The summed E-state index contributed by atoms with van der Waals surface area (Å²) in [7, 11) is 2.26. The maximum atomic E-state index is 5.77. The van der Waals surface area contributed by atoms with Crippen LogP contribution < -0.4 is 4.90 Å². The zero-order chi connectivity index (χ0) is 13.2. The Morgan fingerprint density at radius 2 is 2.05 bits per heavy atom. The fraction of sp³-hybridized carbons (Fsp3) is 0.714. The van der Waals surface area contributed by atoms with Crippen LogP contribution in [0.15, 0.2) is 12.4 Å². The van der Waals surface area contributed by atoms with Gasteiger partial charge in [-0.1, -0.05) is 0 Å². The van der Waals surface area contributed by atoms with E-state index >= 15 is 0 Å². The second kappa shape index (κ2) is 5.63. The molecule has 3 rings (SSSR count). The molecule has 5 heteroatoms. The summed E-state index contributed by atoms with van der Waals surface area (Å²) in [5.41, 5.74) is 0.984. The van der Waals surface area contributed by atoms with Gasteiger partial charge in [0.1, 0.15) is 0 Å². The lowest BCUT2D eigenvalue weighted by molar-refractivity contribution is 0.102. The van der Waals surface area contributed by atoms with Crippen LogP contribution in [0.3, 0.4) is 0 Å². The van der Waals surface area contributed by atoms with Crippen molar-refractivity contribution < 1.29 is 0 Å². The maximum Gasteiger partial charge on any atom is 0.225 e. The molecule has 2 saturated heterocycles. The monoisotopic (exact) mass is 280 g/mol. The molecule has 0 radical (unpaired) electrons. The first-order chi connectivity index (χ1) is 9.28. The second-order valence-corrected chi connectivity index (χ2v) is 5.98. The number of anilines is 1. The van der Waals surface area contributed by atoms with Crippen molar-refractivity contribution in [2.75, 3.05) is 31.6 Å². The van der Waals surface area contributed by atoms with Crippen LogP contribution in [0, 0.1) is 5.92 Å². The molecule has 2 unspecified atom stereocenters. The Bertz CT molecular complexity index is 422. The molecule has 0 aliphatic carbocycles. The van der Waals surface area contributed by atoms with Crippen LogP contribution in [0.2, 0.25) is 0 Å². The molecule has 104 valence electrons. The standard InChI is InChI=1S/C14H21ClN4/c1-18-5-2-3-12-10-19(6-4-13(12)18)14-16-8-11(7-15)9-17-14/h8-9,12-13H,2-7,10H2,1H3. The number of piperidine rings is 2. The normalized spacial score (nSPS) is 28.2. The van der Waals surface area contributed by atoms with Gasteiger partial charge in [0.15, 0.2) is 0 Å². The van der Waals surface area contributed by atoms with E-state index in [0.717, 1.165) is 36.6 Å². The fourth-order valence-electron chi connectivity index (χ4n) is 3.41. The molecule has 1 aromatic heterocycles. The maximum absolute atomic E-state index is 5.77. The van der Waals surface area contributed by atoms with Gasteiger partial charge in [-0.05, 0) is 38.8 Å². The molecule has 4 nitrogen and oxygen atoms in total. The average molecular weight is 281 g/mol. The van der Waals surface area contributed by atoms with Crippen molar-refractivity contribution in [2.24, 2.45) is 5.92 Å². The molecular weight excluding hydrogens is 260 g/mol. The van der Waals surface area contributed by atoms with Gasteiger partial charge in [0.05, 0.1) is 5.88 Å². The lowest BCUT2D eigenvalue weighted by Crippen LogP contribution is -2.53. The third-order valence-electron chi connectivity index (χ3n) is 4.47. The van der Waals surface area contributed by atoms with Crippen molar-refractivity contribution in [3.05, 3.63) is 18.0 Å². The van der Waals surface area contributed by atoms with E-state index in [0.29, 0.717) is 5.88 Å². The lowest BCUT2D eigenvalue weighted by Gasteiger charge is -2.45. The van der Waals surface area contributed by atoms with Gasteiger partial charge in [0.2, 0.25) is 5.95 Å². The van der Waals surface area contributed by atoms with Crippen molar-refractivity contribution in [3.8, 4) is 0 Å². The Morgan fingerprint density at radius 3 is 2.79 bits per heavy atom. The van der Waals surface area contributed by atoms with Crippen molar-refractivity contribution in [2.45, 2.75) is 31.2 Å². The highest BCUT2D eigenvalue weighted by molar-refractivity contribution is 6.17. The Labute approximate surface area is 119 Å². The first-order valence-electron chi connectivity index (χ1n) is 7.10.